The van der Waals surface area contributed by atoms with Crippen LogP contribution in [0.15, 0.2) is 48.8 Å². The molecule has 1 unspecified atom stereocenters. The summed E-state index contributed by atoms with van der Waals surface area (Å²) < 4.78 is 0. The molecule has 7 nitrogen and oxygen atoms in total. The molecule has 3 aromatic rings. The average molecular weight is 347 g/mol. The summed E-state index contributed by atoms with van der Waals surface area (Å²) in [5, 5.41) is 14.3. The van der Waals surface area contributed by atoms with Gasteiger partial charge in [-0.1, -0.05) is 37.3 Å². The van der Waals surface area contributed by atoms with Crippen molar-refractivity contribution in [3.8, 4) is 11.1 Å². The fourth-order valence-electron chi connectivity index (χ4n) is 3.63. The van der Waals surface area contributed by atoms with Crippen molar-refractivity contribution in [1.29, 1.82) is 0 Å². The van der Waals surface area contributed by atoms with Crippen molar-refractivity contribution in [2.24, 2.45) is 0 Å². The number of rotatable bonds is 4. The van der Waals surface area contributed by atoms with Gasteiger partial charge in [0.1, 0.15) is 6.33 Å². The third kappa shape index (κ3) is 2.45. The van der Waals surface area contributed by atoms with E-state index >= 15 is 0 Å². The van der Waals surface area contributed by atoms with Crippen molar-refractivity contribution in [2.75, 3.05) is 11.1 Å². The van der Waals surface area contributed by atoms with Crippen LogP contribution in [0.4, 0.5) is 23.0 Å². The maximum Gasteiger partial charge on any atom is 0.353 e. The van der Waals surface area contributed by atoms with Crippen molar-refractivity contribution >= 4 is 23.0 Å². The Morgan fingerprint density at radius 3 is 2.69 bits per heavy atom. The van der Waals surface area contributed by atoms with E-state index in [1.165, 1.54) is 23.0 Å². The van der Waals surface area contributed by atoms with Crippen LogP contribution in [-0.4, -0.2) is 14.9 Å². The lowest BCUT2D eigenvalue weighted by atomic mass is 9.94. The Labute approximate surface area is 150 Å². The molecular formula is C19H17N5O2. The molecule has 0 bridgehead atoms. The molecule has 26 heavy (non-hydrogen) atoms. The number of nitrogens with one attached hydrogen (secondary N) is 1. The highest BCUT2D eigenvalue weighted by atomic mass is 16.6. The Hall–Kier alpha value is -3.48. The molecule has 1 aliphatic carbocycles. The van der Waals surface area contributed by atoms with E-state index in [1.54, 1.807) is 0 Å². The second kappa shape index (κ2) is 6.11. The number of nitrogens with zero attached hydrogens (tertiary/aromatic N) is 3. The zero-order valence-corrected chi connectivity index (χ0v) is 14.1. The largest absolute Gasteiger partial charge is 0.378 e. The number of fused-ring (bicyclic) bond motifs is 3. The Kier molecular flexibility index (Phi) is 3.76. The summed E-state index contributed by atoms with van der Waals surface area (Å²) in [4.78, 5) is 18.4. The van der Waals surface area contributed by atoms with E-state index in [1.807, 2.05) is 18.2 Å². The lowest BCUT2D eigenvalue weighted by molar-refractivity contribution is -0.383. The average Bonchev–Trinajstić information content (AvgIpc) is 2.94. The van der Waals surface area contributed by atoms with Crippen LogP contribution in [0, 0.1) is 10.1 Å². The first kappa shape index (κ1) is 16.0. The minimum atomic E-state index is -0.576. The summed E-state index contributed by atoms with van der Waals surface area (Å²) in [6.07, 6.45) is 2.23. The summed E-state index contributed by atoms with van der Waals surface area (Å²) in [6, 6.07) is 14.3. The summed E-state index contributed by atoms with van der Waals surface area (Å²) in [5.41, 5.74) is 11.0. The van der Waals surface area contributed by atoms with E-state index < -0.39 is 4.92 Å². The van der Waals surface area contributed by atoms with Crippen LogP contribution in [0.5, 0.6) is 0 Å². The Morgan fingerprint density at radius 2 is 1.92 bits per heavy atom. The Bertz CT molecular complexity index is 1020. The molecule has 1 aromatic heterocycles. The molecule has 0 saturated heterocycles. The molecule has 1 aliphatic rings. The highest BCUT2D eigenvalue weighted by Gasteiger charge is 2.27. The van der Waals surface area contributed by atoms with E-state index in [-0.39, 0.29) is 17.3 Å². The molecule has 0 spiro atoms. The molecule has 1 heterocycles. The van der Waals surface area contributed by atoms with Crippen molar-refractivity contribution in [3.63, 3.8) is 0 Å². The molecule has 2 aromatic carbocycles. The van der Waals surface area contributed by atoms with Crippen molar-refractivity contribution < 1.29 is 4.92 Å². The molecule has 1 atom stereocenters. The normalized spacial score (nSPS) is 14.6. The van der Waals surface area contributed by atoms with Crippen LogP contribution < -0.4 is 11.1 Å². The number of nitro groups is 1. The highest BCUT2D eigenvalue weighted by molar-refractivity contribution is 5.83. The molecule has 0 aliphatic heterocycles. The number of benzene rings is 2. The Morgan fingerprint density at radius 1 is 1.15 bits per heavy atom. The maximum absolute atomic E-state index is 11.3. The molecular weight excluding hydrogens is 330 g/mol. The molecule has 3 N–H and O–H groups in total. The van der Waals surface area contributed by atoms with Gasteiger partial charge < -0.3 is 11.1 Å². The van der Waals surface area contributed by atoms with Gasteiger partial charge in [-0.25, -0.2) is 9.97 Å². The minimum absolute atomic E-state index is 0.0840. The van der Waals surface area contributed by atoms with Crippen molar-refractivity contribution in [1.82, 2.24) is 9.97 Å². The summed E-state index contributed by atoms with van der Waals surface area (Å²) in [7, 11) is 0. The van der Waals surface area contributed by atoms with Crippen LogP contribution >= 0.6 is 0 Å². The van der Waals surface area contributed by atoms with Gasteiger partial charge in [-0.15, -0.1) is 0 Å². The van der Waals surface area contributed by atoms with E-state index in [4.69, 9.17) is 5.73 Å². The van der Waals surface area contributed by atoms with Crippen LogP contribution in [0.2, 0.25) is 0 Å². The van der Waals surface area contributed by atoms with Crippen molar-refractivity contribution in [3.05, 3.63) is 70.0 Å². The van der Waals surface area contributed by atoms with Gasteiger partial charge in [-0.3, -0.25) is 10.1 Å². The number of aromatic nitrogens is 2. The predicted molar refractivity (Wildman–Crippen MR) is 100 cm³/mol. The van der Waals surface area contributed by atoms with Gasteiger partial charge in [0.2, 0.25) is 11.6 Å². The predicted octanol–water partition coefficient (Wildman–Crippen LogP) is 4.23. The number of hydrogen-bond donors (Lipinski definition) is 2. The maximum atomic E-state index is 11.3. The first-order chi connectivity index (χ1) is 12.6. The standard InChI is InChI=1S/C19H17N5O2/c1-2-12-13-5-3-4-6-14(13)16-9-11(7-8-15(12)16)23-19-17(24(25)26)18(20)21-10-22-19/h3-10,12H,2H2,1H3,(H3,20,21,22,23). The van der Waals surface area contributed by atoms with Gasteiger partial charge in [0.05, 0.1) is 4.92 Å². The first-order valence-corrected chi connectivity index (χ1v) is 8.35. The summed E-state index contributed by atoms with van der Waals surface area (Å²) in [5.74, 6) is 0.296. The molecule has 130 valence electrons. The van der Waals surface area contributed by atoms with Crippen molar-refractivity contribution in [2.45, 2.75) is 19.3 Å². The smallest absolute Gasteiger partial charge is 0.353 e. The Balaban J connectivity index is 1.77. The molecule has 7 heteroatoms. The summed E-state index contributed by atoms with van der Waals surface area (Å²) >= 11 is 0. The summed E-state index contributed by atoms with van der Waals surface area (Å²) in [6.45, 7) is 2.18. The highest BCUT2D eigenvalue weighted by Crippen LogP contribution is 2.47. The SMILES string of the molecule is CCC1c2ccccc2-c2cc(Nc3ncnc(N)c3[N+](=O)[O-])ccc21. The fourth-order valence-corrected chi connectivity index (χ4v) is 3.63. The first-order valence-electron chi connectivity index (χ1n) is 8.35. The molecule has 0 radical (unpaired) electrons. The van der Waals surface area contributed by atoms with Gasteiger partial charge in [-0.2, -0.15) is 0 Å². The zero-order chi connectivity index (χ0) is 18.3. The zero-order valence-electron chi connectivity index (χ0n) is 14.1. The van der Waals surface area contributed by atoms with Crippen LogP contribution in [0.3, 0.4) is 0 Å². The number of hydrogen-bond acceptors (Lipinski definition) is 6. The molecule has 4 rings (SSSR count). The quantitative estimate of drug-likeness (QED) is 0.540. The van der Waals surface area contributed by atoms with E-state index in [0.717, 1.165) is 17.7 Å². The van der Waals surface area contributed by atoms with Gasteiger partial charge in [-0.05, 0) is 40.8 Å². The van der Waals surface area contributed by atoms with Gasteiger partial charge in [0.15, 0.2) is 0 Å². The lowest BCUT2D eigenvalue weighted by Gasteiger charge is -2.12. The van der Waals surface area contributed by atoms with E-state index in [0.29, 0.717) is 5.92 Å². The lowest BCUT2D eigenvalue weighted by Crippen LogP contribution is -2.05. The number of nitrogens with two attached hydrogens (primary N) is 1. The fraction of sp³-hybridized carbons (Fsp3) is 0.158. The molecule has 0 fully saturated rings. The van der Waals surface area contributed by atoms with Gasteiger partial charge in [0.25, 0.3) is 0 Å². The van der Waals surface area contributed by atoms with Crippen LogP contribution in [0.1, 0.15) is 30.4 Å². The van der Waals surface area contributed by atoms with E-state index in [9.17, 15) is 10.1 Å². The molecule has 0 saturated carbocycles. The third-order valence-electron chi connectivity index (χ3n) is 4.76. The topological polar surface area (TPSA) is 107 Å². The third-order valence-corrected chi connectivity index (χ3v) is 4.76. The van der Waals surface area contributed by atoms with Crippen LogP contribution in [-0.2, 0) is 0 Å². The number of nitrogen functional groups attached to an aromatic ring is 1. The monoisotopic (exact) mass is 347 g/mol. The van der Waals surface area contributed by atoms with Crippen LogP contribution in [0.25, 0.3) is 11.1 Å². The van der Waals surface area contributed by atoms with Gasteiger partial charge >= 0.3 is 5.69 Å². The van der Waals surface area contributed by atoms with E-state index in [2.05, 4.69) is 46.5 Å². The van der Waals surface area contributed by atoms with Gasteiger partial charge in [0, 0.05) is 11.6 Å². The second-order valence-electron chi connectivity index (χ2n) is 6.19. The minimum Gasteiger partial charge on any atom is -0.378 e. The molecule has 0 amide bonds. The second-order valence-corrected chi connectivity index (χ2v) is 6.19. The number of anilines is 3.